The Bertz CT molecular complexity index is 914. The third kappa shape index (κ3) is 3.17. The van der Waals surface area contributed by atoms with Crippen LogP contribution in [0.3, 0.4) is 0 Å². The number of nitriles is 1. The average Bonchev–Trinajstić information content (AvgIpc) is 3.18. The van der Waals surface area contributed by atoms with Crippen molar-refractivity contribution in [1.29, 1.82) is 5.26 Å². The maximum atomic E-state index is 12.2. The first-order chi connectivity index (χ1) is 11.2. The summed E-state index contributed by atoms with van der Waals surface area (Å²) in [6.07, 6.45) is 1.65. The maximum absolute atomic E-state index is 12.2. The van der Waals surface area contributed by atoms with E-state index in [-0.39, 0.29) is 11.5 Å². The number of aromatic nitrogens is 1. The Morgan fingerprint density at radius 3 is 2.91 bits per heavy atom. The molecule has 0 unspecified atom stereocenters. The van der Waals surface area contributed by atoms with Crippen molar-refractivity contribution in [3.05, 3.63) is 63.5 Å². The zero-order valence-corrected chi connectivity index (χ0v) is 13.4. The van der Waals surface area contributed by atoms with Gasteiger partial charge in [0, 0.05) is 27.0 Å². The summed E-state index contributed by atoms with van der Waals surface area (Å²) in [5, 5.41) is 15.1. The molecule has 2 N–H and O–H groups in total. The molecule has 0 radical (unpaired) electrons. The van der Waals surface area contributed by atoms with Crippen molar-refractivity contribution in [3.63, 3.8) is 0 Å². The number of nitrogens with one attached hydrogen (secondary N) is 2. The van der Waals surface area contributed by atoms with Gasteiger partial charge < -0.3 is 10.3 Å². The van der Waals surface area contributed by atoms with Crippen molar-refractivity contribution in [2.45, 2.75) is 13.5 Å². The maximum Gasteiger partial charge on any atom is 0.262 e. The number of aromatic amines is 1. The van der Waals surface area contributed by atoms with E-state index in [2.05, 4.69) is 10.3 Å². The molecule has 0 spiro atoms. The molecule has 3 rings (SSSR count). The van der Waals surface area contributed by atoms with Crippen LogP contribution in [0.25, 0.3) is 17.0 Å². The highest BCUT2D eigenvalue weighted by molar-refractivity contribution is 7.09. The van der Waals surface area contributed by atoms with Crippen LogP contribution in [0.2, 0.25) is 0 Å². The largest absolute Gasteiger partial charge is 0.358 e. The molecule has 0 aliphatic heterocycles. The minimum Gasteiger partial charge on any atom is -0.358 e. The molecular formula is C18H15N3OS. The van der Waals surface area contributed by atoms with E-state index in [9.17, 15) is 10.1 Å². The van der Waals surface area contributed by atoms with Crippen LogP contribution in [0.4, 0.5) is 0 Å². The molecule has 0 saturated carbocycles. The number of amides is 1. The number of para-hydroxylation sites is 1. The van der Waals surface area contributed by atoms with E-state index < -0.39 is 0 Å². The number of hydrogen-bond acceptors (Lipinski definition) is 3. The lowest BCUT2D eigenvalue weighted by Gasteiger charge is -2.02. The van der Waals surface area contributed by atoms with Crippen molar-refractivity contribution >= 4 is 34.2 Å². The van der Waals surface area contributed by atoms with Crippen molar-refractivity contribution in [3.8, 4) is 6.07 Å². The molecule has 2 heterocycles. The van der Waals surface area contributed by atoms with Gasteiger partial charge in [-0.1, -0.05) is 24.3 Å². The second kappa shape index (κ2) is 6.51. The average molecular weight is 321 g/mol. The van der Waals surface area contributed by atoms with Gasteiger partial charge in [0.2, 0.25) is 0 Å². The molecule has 1 amide bonds. The highest BCUT2D eigenvalue weighted by Gasteiger charge is 2.12. The number of benzene rings is 1. The van der Waals surface area contributed by atoms with Crippen molar-refractivity contribution in [1.82, 2.24) is 10.3 Å². The van der Waals surface area contributed by atoms with E-state index >= 15 is 0 Å². The number of aryl methyl sites for hydroxylation is 1. The Morgan fingerprint density at radius 2 is 2.17 bits per heavy atom. The standard InChI is InChI=1S/C18H15N3OS/c1-12-16(15-6-2-3-7-17(15)21-12)9-13(10-19)18(22)20-11-14-5-4-8-23-14/h2-9,21H,11H2,1H3,(H,20,22). The first kappa shape index (κ1) is 15.1. The first-order valence-electron chi connectivity index (χ1n) is 7.18. The number of carbonyl (C=O) groups is 1. The van der Waals surface area contributed by atoms with Gasteiger partial charge in [0.15, 0.2) is 0 Å². The van der Waals surface area contributed by atoms with Crippen LogP contribution >= 0.6 is 11.3 Å². The van der Waals surface area contributed by atoms with Gasteiger partial charge in [-0.05, 0) is 30.5 Å². The Hall–Kier alpha value is -2.84. The molecule has 23 heavy (non-hydrogen) atoms. The SMILES string of the molecule is Cc1[nH]c2ccccc2c1C=C(C#N)C(=O)NCc1cccs1. The number of rotatable bonds is 4. The Kier molecular flexibility index (Phi) is 4.26. The molecule has 0 bridgehead atoms. The third-order valence-corrected chi connectivity index (χ3v) is 4.48. The van der Waals surface area contributed by atoms with Gasteiger partial charge in [-0.15, -0.1) is 11.3 Å². The van der Waals surface area contributed by atoms with Crippen LogP contribution < -0.4 is 5.32 Å². The van der Waals surface area contributed by atoms with Crippen molar-refractivity contribution < 1.29 is 4.79 Å². The normalized spacial score (nSPS) is 11.4. The second-order valence-electron chi connectivity index (χ2n) is 5.14. The molecular weight excluding hydrogens is 306 g/mol. The predicted octanol–water partition coefficient (Wildman–Crippen LogP) is 3.76. The molecule has 4 nitrogen and oxygen atoms in total. The number of carbonyl (C=O) groups excluding carboxylic acids is 1. The zero-order valence-electron chi connectivity index (χ0n) is 12.6. The van der Waals surface area contributed by atoms with E-state index in [0.717, 1.165) is 27.0 Å². The van der Waals surface area contributed by atoms with E-state index in [4.69, 9.17) is 0 Å². The van der Waals surface area contributed by atoms with Crippen LogP contribution in [0.5, 0.6) is 0 Å². The molecule has 0 saturated heterocycles. The summed E-state index contributed by atoms with van der Waals surface area (Å²) in [6.45, 7) is 2.37. The van der Waals surface area contributed by atoms with Gasteiger partial charge >= 0.3 is 0 Å². The van der Waals surface area contributed by atoms with Crippen molar-refractivity contribution in [2.24, 2.45) is 0 Å². The first-order valence-corrected chi connectivity index (χ1v) is 8.06. The van der Waals surface area contributed by atoms with Crippen LogP contribution in [-0.2, 0) is 11.3 Å². The van der Waals surface area contributed by atoms with Crippen LogP contribution in [0, 0.1) is 18.3 Å². The molecule has 0 aliphatic rings. The van der Waals surface area contributed by atoms with E-state index in [1.165, 1.54) is 0 Å². The minimum atomic E-state index is -0.356. The van der Waals surface area contributed by atoms with Gasteiger partial charge in [-0.25, -0.2) is 0 Å². The number of nitrogens with zero attached hydrogens (tertiary/aromatic N) is 1. The molecule has 0 aliphatic carbocycles. The topological polar surface area (TPSA) is 68.7 Å². The van der Waals surface area contributed by atoms with E-state index in [0.29, 0.717) is 6.54 Å². The molecule has 3 aromatic rings. The second-order valence-corrected chi connectivity index (χ2v) is 6.17. The van der Waals surface area contributed by atoms with Crippen LogP contribution in [0.1, 0.15) is 16.1 Å². The Labute approximate surface area is 138 Å². The highest BCUT2D eigenvalue weighted by atomic mass is 32.1. The van der Waals surface area contributed by atoms with Gasteiger partial charge in [-0.2, -0.15) is 5.26 Å². The smallest absolute Gasteiger partial charge is 0.262 e. The lowest BCUT2D eigenvalue weighted by molar-refractivity contribution is -0.117. The molecule has 0 atom stereocenters. The molecule has 5 heteroatoms. The van der Waals surface area contributed by atoms with Gasteiger partial charge in [-0.3, -0.25) is 4.79 Å². The molecule has 0 fully saturated rings. The fraction of sp³-hybridized carbons (Fsp3) is 0.111. The predicted molar refractivity (Wildman–Crippen MR) is 92.8 cm³/mol. The number of H-pyrrole nitrogens is 1. The Morgan fingerprint density at radius 1 is 1.35 bits per heavy atom. The lowest BCUT2D eigenvalue weighted by Crippen LogP contribution is -2.23. The summed E-state index contributed by atoms with van der Waals surface area (Å²) in [5.41, 5.74) is 2.91. The fourth-order valence-corrected chi connectivity index (χ4v) is 3.10. The molecule has 2 aromatic heterocycles. The van der Waals surface area contributed by atoms with Gasteiger partial charge in [0.1, 0.15) is 11.6 Å². The summed E-state index contributed by atoms with van der Waals surface area (Å²) in [5.74, 6) is -0.356. The van der Waals surface area contributed by atoms with Crippen LogP contribution in [-0.4, -0.2) is 10.9 Å². The quantitative estimate of drug-likeness (QED) is 0.567. The summed E-state index contributed by atoms with van der Waals surface area (Å²) in [4.78, 5) is 16.6. The van der Waals surface area contributed by atoms with Crippen LogP contribution in [0.15, 0.2) is 47.4 Å². The molecule has 1 aromatic carbocycles. The fourth-order valence-electron chi connectivity index (χ4n) is 2.45. The third-order valence-electron chi connectivity index (χ3n) is 3.60. The number of hydrogen-bond donors (Lipinski definition) is 2. The van der Waals surface area contributed by atoms with E-state index in [1.54, 1.807) is 17.4 Å². The zero-order chi connectivity index (χ0) is 16.2. The summed E-state index contributed by atoms with van der Waals surface area (Å²) in [7, 11) is 0. The summed E-state index contributed by atoms with van der Waals surface area (Å²) >= 11 is 1.57. The highest BCUT2D eigenvalue weighted by Crippen LogP contribution is 2.24. The lowest BCUT2D eigenvalue weighted by atomic mass is 10.1. The van der Waals surface area contributed by atoms with Gasteiger partial charge in [0.25, 0.3) is 5.91 Å². The van der Waals surface area contributed by atoms with Crippen molar-refractivity contribution in [2.75, 3.05) is 0 Å². The summed E-state index contributed by atoms with van der Waals surface area (Å²) < 4.78 is 0. The van der Waals surface area contributed by atoms with Gasteiger partial charge in [0.05, 0.1) is 6.54 Å². The summed E-state index contributed by atoms with van der Waals surface area (Å²) in [6, 6.07) is 13.7. The molecule has 114 valence electrons. The van der Waals surface area contributed by atoms with E-state index in [1.807, 2.05) is 54.8 Å². The number of fused-ring (bicyclic) bond motifs is 1. The minimum absolute atomic E-state index is 0.106. The number of thiophene rings is 1. The monoisotopic (exact) mass is 321 g/mol. The Balaban J connectivity index is 1.87.